The third-order valence-corrected chi connectivity index (χ3v) is 5.10. The van der Waals surface area contributed by atoms with Crippen LogP contribution in [0.4, 0.5) is 13.2 Å². The van der Waals surface area contributed by atoms with Crippen LogP contribution in [0.1, 0.15) is 51.8 Å². The van der Waals surface area contributed by atoms with Crippen molar-refractivity contribution in [3.8, 4) is 5.69 Å². The first-order valence-corrected chi connectivity index (χ1v) is 9.31. The number of benzene rings is 1. The van der Waals surface area contributed by atoms with Gasteiger partial charge in [0.25, 0.3) is 5.91 Å². The van der Waals surface area contributed by atoms with Crippen LogP contribution < -0.4 is 5.32 Å². The molecule has 0 radical (unpaired) electrons. The van der Waals surface area contributed by atoms with Gasteiger partial charge in [0.05, 0.1) is 17.4 Å². The van der Waals surface area contributed by atoms with Gasteiger partial charge < -0.3 is 5.32 Å². The van der Waals surface area contributed by atoms with E-state index in [9.17, 15) is 18.0 Å². The zero-order valence-electron chi connectivity index (χ0n) is 15.7. The number of amides is 1. The molecule has 1 N–H and O–H groups in total. The SMILES string of the molecule is Cc1ccccc1C(=O)NC1CCCc2nn(-c3ccnc(C(F)(F)F)c3)cc21. The molecule has 1 aliphatic rings. The number of halogens is 3. The monoisotopic (exact) mass is 400 g/mol. The molecular formula is C21H19F3N4O. The highest BCUT2D eigenvalue weighted by atomic mass is 19.4. The Balaban J connectivity index is 1.62. The summed E-state index contributed by atoms with van der Waals surface area (Å²) in [4.78, 5) is 16.1. The van der Waals surface area contributed by atoms with Gasteiger partial charge in [-0.15, -0.1) is 0 Å². The predicted octanol–water partition coefficient (Wildman–Crippen LogP) is 4.40. The lowest BCUT2D eigenvalue weighted by molar-refractivity contribution is -0.141. The van der Waals surface area contributed by atoms with Crippen LogP contribution in [0.15, 0.2) is 48.8 Å². The van der Waals surface area contributed by atoms with Crippen molar-refractivity contribution in [3.05, 3.63) is 76.9 Å². The average Bonchev–Trinajstić information content (AvgIpc) is 3.13. The Morgan fingerprint density at radius 2 is 2.03 bits per heavy atom. The molecule has 1 aliphatic carbocycles. The molecule has 150 valence electrons. The van der Waals surface area contributed by atoms with Crippen molar-refractivity contribution in [2.45, 2.75) is 38.4 Å². The molecule has 0 spiro atoms. The van der Waals surface area contributed by atoms with Crippen LogP contribution in [-0.4, -0.2) is 20.7 Å². The molecule has 0 saturated carbocycles. The van der Waals surface area contributed by atoms with E-state index in [0.29, 0.717) is 5.56 Å². The lowest BCUT2D eigenvalue weighted by Crippen LogP contribution is -2.31. The fourth-order valence-corrected chi connectivity index (χ4v) is 3.60. The largest absolute Gasteiger partial charge is 0.433 e. The molecule has 3 aromatic rings. The van der Waals surface area contributed by atoms with E-state index in [1.54, 1.807) is 12.3 Å². The zero-order valence-corrected chi connectivity index (χ0v) is 15.7. The van der Waals surface area contributed by atoms with Crippen LogP contribution in [-0.2, 0) is 12.6 Å². The van der Waals surface area contributed by atoms with E-state index in [-0.39, 0.29) is 17.6 Å². The lowest BCUT2D eigenvalue weighted by Gasteiger charge is -2.23. The number of pyridine rings is 1. The third kappa shape index (κ3) is 3.87. The van der Waals surface area contributed by atoms with Gasteiger partial charge in [0.2, 0.25) is 0 Å². The number of carbonyl (C=O) groups is 1. The van der Waals surface area contributed by atoms with E-state index in [1.807, 2.05) is 25.1 Å². The topological polar surface area (TPSA) is 59.8 Å². The van der Waals surface area contributed by atoms with Gasteiger partial charge in [-0.25, -0.2) is 4.68 Å². The van der Waals surface area contributed by atoms with E-state index in [0.717, 1.165) is 48.3 Å². The van der Waals surface area contributed by atoms with Crippen molar-refractivity contribution in [1.29, 1.82) is 0 Å². The summed E-state index contributed by atoms with van der Waals surface area (Å²) in [6.07, 6.45) is 0.611. The normalized spacial score (nSPS) is 16.3. The summed E-state index contributed by atoms with van der Waals surface area (Å²) in [5.41, 5.74) is 2.43. The Labute approximate surface area is 165 Å². The second kappa shape index (κ2) is 7.35. The van der Waals surface area contributed by atoms with Crippen LogP contribution in [0.2, 0.25) is 0 Å². The first kappa shape index (κ1) is 19.2. The molecule has 1 amide bonds. The molecule has 0 bridgehead atoms. The molecule has 2 aromatic heterocycles. The number of carbonyl (C=O) groups excluding carboxylic acids is 1. The molecule has 1 atom stereocenters. The van der Waals surface area contributed by atoms with E-state index in [4.69, 9.17) is 0 Å². The van der Waals surface area contributed by atoms with E-state index in [1.165, 1.54) is 10.7 Å². The number of hydrogen-bond acceptors (Lipinski definition) is 3. The number of aromatic nitrogens is 3. The summed E-state index contributed by atoms with van der Waals surface area (Å²) in [7, 11) is 0. The number of nitrogens with one attached hydrogen (secondary N) is 1. The fourth-order valence-electron chi connectivity index (χ4n) is 3.60. The minimum Gasteiger partial charge on any atom is -0.345 e. The standard InChI is InChI=1S/C21H19F3N4O/c1-13-5-2-3-6-15(13)20(29)26-17-7-4-8-18-16(17)12-28(27-18)14-9-10-25-19(11-14)21(22,23)24/h2-3,5-6,9-12,17H,4,7-8H2,1H3,(H,26,29). The Morgan fingerprint density at radius 1 is 1.24 bits per heavy atom. The minimum atomic E-state index is -4.52. The molecule has 0 fully saturated rings. The molecule has 2 heterocycles. The number of fused-ring (bicyclic) bond motifs is 1. The highest BCUT2D eigenvalue weighted by molar-refractivity contribution is 5.95. The molecule has 1 aromatic carbocycles. The van der Waals surface area contributed by atoms with Crippen LogP contribution >= 0.6 is 0 Å². The molecule has 4 rings (SSSR count). The second-order valence-corrected chi connectivity index (χ2v) is 7.11. The highest BCUT2D eigenvalue weighted by Gasteiger charge is 2.33. The molecule has 8 heteroatoms. The zero-order chi connectivity index (χ0) is 20.6. The Morgan fingerprint density at radius 3 is 2.79 bits per heavy atom. The first-order chi connectivity index (χ1) is 13.8. The van der Waals surface area contributed by atoms with Crippen molar-refractivity contribution in [2.75, 3.05) is 0 Å². The summed E-state index contributed by atoms with van der Waals surface area (Å²) in [5.74, 6) is -0.169. The second-order valence-electron chi connectivity index (χ2n) is 7.11. The van der Waals surface area contributed by atoms with Crippen LogP contribution in [0.3, 0.4) is 0 Å². The Hall–Kier alpha value is -3.16. The maximum absolute atomic E-state index is 13.0. The number of nitrogens with zero attached hydrogens (tertiary/aromatic N) is 3. The van der Waals surface area contributed by atoms with Crippen LogP contribution in [0.5, 0.6) is 0 Å². The molecule has 29 heavy (non-hydrogen) atoms. The Kier molecular flexibility index (Phi) is 4.86. The molecule has 0 saturated heterocycles. The Bertz CT molecular complexity index is 1060. The van der Waals surface area contributed by atoms with Crippen molar-refractivity contribution >= 4 is 5.91 Å². The van der Waals surface area contributed by atoms with Crippen molar-refractivity contribution in [3.63, 3.8) is 0 Å². The van der Waals surface area contributed by atoms with Gasteiger partial charge in [-0.05, 0) is 49.9 Å². The summed E-state index contributed by atoms with van der Waals surface area (Å²) in [5, 5.41) is 7.51. The predicted molar refractivity (Wildman–Crippen MR) is 101 cm³/mol. The lowest BCUT2D eigenvalue weighted by atomic mass is 9.93. The fraction of sp³-hybridized carbons (Fsp3) is 0.286. The van der Waals surface area contributed by atoms with Gasteiger partial charge in [-0.1, -0.05) is 18.2 Å². The van der Waals surface area contributed by atoms with Crippen molar-refractivity contribution in [2.24, 2.45) is 0 Å². The van der Waals surface area contributed by atoms with Gasteiger partial charge in [-0.3, -0.25) is 9.78 Å². The number of hydrogen-bond donors (Lipinski definition) is 1. The molecule has 1 unspecified atom stereocenters. The van der Waals surface area contributed by atoms with Crippen LogP contribution in [0.25, 0.3) is 5.69 Å². The number of rotatable bonds is 3. The summed E-state index contributed by atoms with van der Waals surface area (Å²) in [6, 6.07) is 9.55. The van der Waals surface area contributed by atoms with Gasteiger partial charge in [-0.2, -0.15) is 18.3 Å². The third-order valence-electron chi connectivity index (χ3n) is 5.10. The summed E-state index contributed by atoms with van der Waals surface area (Å²) >= 11 is 0. The van der Waals surface area contributed by atoms with Gasteiger partial charge in [0.1, 0.15) is 5.69 Å². The van der Waals surface area contributed by atoms with Crippen molar-refractivity contribution < 1.29 is 18.0 Å². The number of alkyl halides is 3. The van der Waals surface area contributed by atoms with Crippen LogP contribution in [0, 0.1) is 6.92 Å². The van der Waals surface area contributed by atoms with E-state index in [2.05, 4.69) is 15.4 Å². The number of aryl methyl sites for hydroxylation is 2. The van der Waals surface area contributed by atoms with E-state index < -0.39 is 11.9 Å². The minimum absolute atomic E-state index is 0.169. The van der Waals surface area contributed by atoms with Gasteiger partial charge in [0, 0.05) is 23.5 Å². The van der Waals surface area contributed by atoms with Crippen molar-refractivity contribution in [1.82, 2.24) is 20.1 Å². The quantitative estimate of drug-likeness (QED) is 0.709. The van der Waals surface area contributed by atoms with Gasteiger partial charge in [0.15, 0.2) is 0 Å². The molecule has 5 nitrogen and oxygen atoms in total. The maximum Gasteiger partial charge on any atom is 0.433 e. The smallest absolute Gasteiger partial charge is 0.345 e. The summed E-state index contributed by atoms with van der Waals surface area (Å²) < 4.78 is 40.3. The first-order valence-electron chi connectivity index (χ1n) is 9.31. The van der Waals surface area contributed by atoms with Gasteiger partial charge >= 0.3 is 6.18 Å². The van der Waals surface area contributed by atoms with E-state index >= 15 is 0 Å². The average molecular weight is 400 g/mol. The highest BCUT2D eigenvalue weighted by Crippen LogP contribution is 2.32. The maximum atomic E-state index is 13.0. The molecular weight excluding hydrogens is 381 g/mol. The molecule has 0 aliphatic heterocycles. The summed E-state index contributed by atoms with van der Waals surface area (Å²) in [6.45, 7) is 1.88.